The van der Waals surface area contributed by atoms with Gasteiger partial charge in [0.1, 0.15) is 0 Å². The molecule has 0 spiro atoms. The molecule has 0 heterocycles. The van der Waals surface area contributed by atoms with Gasteiger partial charge in [0.15, 0.2) is 5.54 Å². The summed E-state index contributed by atoms with van der Waals surface area (Å²) in [5.74, 6) is 0.00613. The normalized spacial score (nSPS) is 12.9. The Morgan fingerprint density at radius 1 is 1.25 bits per heavy atom. The zero-order chi connectivity index (χ0) is 17.6. The van der Waals surface area contributed by atoms with Gasteiger partial charge in [-0.2, -0.15) is 5.26 Å². The lowest BCUT2D eigenvalue weighted by molar-refractivity contribution is -0.142. The zero-order valence-electron chi connectivity index (χ0n) is 13.7. The van der Waals surface area contributed by atoms with Gasteiger partial charge in [0.05, 0.1) is 11.6 Å². The maximum Gasteiger partial charge on any atom is 0.334 e. The van der Waals surface area contributed by atoms with Crippen LogP contribution in [0.4, 0.5) is 5.69 Å². The van der Waals surface area contributed by atoms with Gasteiger partial charge in [-0.05, 0) is 54.1 Å². The van der Waals surface area contributed by atoms with Crippen molar-refractivity contribution in [2.75, 3.05) is 11.1 Å². The Labute approximate surface area is 146 Å². The van der Waals surface area contributed by atoms with Gasteiger partial charge in [-0.25, -0.2) is 4.79 Å². The van der Waals surface area contributed by atoms with Gasteiger partial charge >= 0.3 is 5.97 Å². The quantitative estimate of drug-likeness (QED) is 0.727. The van der Waals surface area contributed by atoms with Crippen molar-refractivity contribution in [1.29, 1.82) is 5.26 Å². The first-order valence-electron chi connectivity index (χ1n) is 7.80. The summed E-state index contributed by atoms with van der Waals surface area (Å²) in [5, 5.41) is 22.0. The van der Waals surface area contributed by atoms with Crippen LogP contribution in [0.1, 0.15) is 31.4 Å². The summed E-state index contributed by atoms with van der Waals surface area (Å²) in [7, 11) is 0. The smallest absolute Gasteiger partial charge is 0.334 e. The Kier molecular flexibility index (Phi) is 5.88. The van der Waals surface area contributed by atoms with Crippen molar-refractivity contribution >= 4 is 23.4 Å². The zero-order valence-corrected chi connectivity index (χ0v) is 14.6. The molecule has 124 valence electrons. The van der Waals surface area contributed by atoms with E-state index in [1.807, 2.05) is 31.2 Å². The summed E-state index contributed by atoms with van der Waals surface area (Å²) in [6, 6.07) is 16.5. The van der Waals surface area contributed by atoms with Gasteiger partial charge in [-0.3, -0.25) is 0 Å². The summed E-state index contributed by atoms with van der Waals surface area (Å²) >= 11 is 1.68. The van der Waals surface area contributed by atoms with E-state index in [0.717, 1.165) is 16.2 Å². The van der Waals surface area contributed by atoms with Crippen LogP contribution in [0.2, 0.25) is 0 Å². The summed E-state index contributed by atoms with van der Waals surface area (Å²) in [4.78, 5) is 13.2. The Balaban J connectivity index is 2.44. The molecule has 0 bridgehead atoms. The van der Waals surface area contributed by atoms with Gasteiger partial charge in [-0.1, -0.05) is 26.0 Å². The fourth-order valence-corrected chi connectivity index (χ4v) is 3.30. The van der Waals surface area contributed by atoms with Crippen molar-refractivity contribution in [2.24, 2.45) is 0 Å². The topological polar surface area (TPSA) is 73.1 Å². The highest BCUT2D eigenvalue weighted by Gasteiger charge is 2.38. The SMILES string of the molecule is CCSc1cccc(C(CC)(Nc2ccc(C#N)cc2)C(=O)O)c1. The number of thioether (sulfide) groups is 1. The molecular weight excluding hydrogens is 320 g/mol. The van der Waals surface area contributed by atoms with Crippen molar-refractivity contribution in [3.05, 3.63) is 59.7 Å². The molecule has 1 atom stereocenters. The molecule has 0 aliphatic heterocycles. The summed E-state index contributed by atoms with van der Waals surface area (Å²) < 4.78 is 0. The highest BCUT2D eigenvalue weighted by atomic mass is 32.2. The van der Waals surface area contributed by atoms with Crippen LogP contribution in [0.5, 0.6) is 0 Å². The molecule has 0 amide bonds. The molecule has 2 aromatic carbocycles. The highest BCUT2D eigenvalue weighted by Crippen LogP contribution is 2.33. The number of hydrogen-bond donors (Lipinski definition) is 2. The third-order valence-corrected chi connectivity index (χ3v) is 4.78. The second kappa shape index (κ2) is 7.89. The van der Waals surface area contributed by atoms with Crippen LogP contribution in [0.15, 0.2) is 53.4 Å². The van der Waals surface area contributed by atoms with E-state index in [1.165, 1.54) is 0 Å². The molecular formula is C19H20N2O2S. The van der Waals surface area contributed by atoms with Gasteiger partial charge in [0.2, 0.25) is 0 Å². The van der Waals surface area contributed by atoms with Gasteiger partial charge in [0, 0.05) is 10.6 Å². The first kappa shape index (κ1) is 17.9. The lowest BCUT2D eigenvalue weighted by Gasteiger charge is -2.31. The van der Waals surface area contributed by atoms with Crippen molar-refractivity contribution in [2.45, 2.75) is 30.7 Å². The van der Waals surface area contributed by atoms with Gasteiger partial charge in [-0.15, -0.1) is 11.8 Å². The summed E-state index contributed by atoms with van der Waals surface area (Å²) in [6.07, 6.45) is 0.391. The van der Waals surface area contributed by atoms with Crippen LogP contribution < -0.4 is 5.32 Å². The highest BCUT2D eigenvalue weighted by molar-refractivity contribution is 7.99. The lowest BCUT2D eigenvalue weighted by Crippen LogP contribution is -2.43. The Morgan fingerprint density at radius 3 is 2.50 bits per heavy atom. The Morgan fingerprint density at radius 2 is 1.96 bits per heavy atom. The summed E-state index contributed by atoms with van der Waals surface area (Å²) in [6.45, 7) is 3.92. The molecule has 0 fully saturated rings. The largest absolute Gasteiger partial charge is 0.479 e. The molecule has 4 nitrogen and oxygen atoms in total. The summed E-state index contributed by atoms with van der Waals surface area (Å²) in [5.41, 5.74) is 0.727. The van der Waals surface area contributed by atoms with Crippen LogP contribution in [-0.4, -0.2) is 16.8 Å². The maximum atomic E-state index is 12.1. The maximum absolute atomic E-state index is 12.1. The van der Waals surface area contributed by atoms with Gasteiger partial charge in [0.25, 0.3) is 0 Å². The average molecular weight is 340 g/mol. The van der Waals surface area contributed by atoms with E-state index >= 15 is 0 Å². The van der Waals surface area contributed by atoms with Crippen molar-refractivity contribution in [3.8, 4) is 6.07 Å². The second-order valence-electron chi connectivity index (χ2n) is 5.34. The van der Waals surface area contributed by atoms with Crippen molar-refractivity contribution in [3.63, 3.8) is 0 Å². The third kappa shape index (κ3) is 3.72. The number of hydrogen-bond acceptors (Lipinski definition) is 4. The number of nitriles is 1. The monoisotopic (exact) mass is 340 g/mol. The van der Waals surface area contributed by atoms with E-state index in [4.69, 9.17) is 5.26 Å². The molecule has 0 radical (unpaired) electrons. The number of nitrogens with zero attached hydrogens (tertiary/aromatic N) is 1. The van der Waals surface area contributed by atoms with Crippen LogP contribution in [0.3, 0.4) is 0 Å². The number of aliphatic carboxylic acids is 1. The molecule has 0 saturated carbocycles. The standard InChI is InChI=1S/C19H20N2O2S/c1-3-19(18(22)23,15-6-5-7-17(12-15)24-4-2)21-16-10-8-14(13-20)9-11-16/h5-12,21H,3-4H2,1-2H3,(H,22,23). The predicted octanol–water partition coefficient (Wildman–Crippen LogP) is 4.47. The molecule has 0 aliphatic carbocycles. The number of anilines is 1. The molecule has 2 aromatic rings. The molecule has 2 rings (SSSR count). The van der Waals surface area contributed by atoms with E-state index in [9.17, 15) is 9.90 Å². The van der Waals surface area contributed by atoms with Crippen LogP contribution >= 0.6 is 11.8 Å². The van der Waals surface area contributed by atoms with Crippen LogP contribution in [0, 0.1) is 11.3 Å². The second-order valence-corrected chi connectivity index (χ2v) is 6.68. The Bertz CT molecular complexity index is 753. The number of nitrogens with one attached hydrogen (secondary N) is 1. The lowest BCUT2D eigenvalue weighted by atomic mass is 9.87. The van der Waals surface area contributed by atoms with Crippen molar-refractivity contribution < 1.29 is 9.90 Å². The number of rotatable bonds is 7. The number of carboxylic acid groups (broad SMARTS) is 1. The number of carboxylic acids is 1. The van der Waals surface area contributed by atoms with E-state index < -0.39 is 11.5 Å². The molecule has 24 heavy (non-hydrogen) atoms. The minimum absolute atomic E-state index is 0.391. The molecule has 0 saturated heterocycles. The predicted molar refractivity (Wildman–Crippen MR) is 97.2 cm³/mol. The van der Waals surface area contributed by atoms with Crippen molar-refractivity contribution in [1.82, 2.24) is 0 Å². The third-order valence-electron chi connectivity index (χ3n) is 3.90. The first-order valence-corrected chi connectivity index (χ1v) is 8.79. The fraction of sp³-hybridized carbons (Fsp3) is 0.263. The van der Waals surface area contributed by atoms with E-state index in [-0.39, 0.29) is 0 Å². The molecule has 2 N–H and O–H groups in total. The molecule has 0 aliphatic rings. The van der Waals surface area contributed by atoms with E-state index in [2.05, 4.69) is 18.3 Å². The minimum atomic E-state index is -1.21. The number of benzene rings is 2. The Hall–Kier alpha value is -2.45. The fourth-order valence-electron chi connectivity index (χ4n) is 2.59. The van der Waals surface area contributed by atoms with E-state index in [0.29, 0.717) is 17.7 Å². The minimum Gasteiger partial charge on any atom is -0.479 e. The van der Waals surface area contributed by atoms with Gasteiger partial charge < -0.3 is 10.4 Å². The molecule has 0 aromatic heterocycles. The van der Waals surface area contributed by atoms with Crippen LogP contribution in [0.25, 0.3) is 0 Å². The van der Waals surface area contributed by atoms with E-state index in [1.54, 1.807) is 36.0 Å². The van der Waals surface area contributed by atoms with Crippen LogP contribution in [-0.2, 0) is 10.3 Å². The average Bonchev–Trinajstić information content (AvgIpc) is 2.60. The first-order chi connectivity index (χ1) is 11.6. The molecule has 1 unspecified atom stereocenters. The number of carbonyl (C=O) groups is 1. The molecule has 5 heteroatoms.